The molecular weight excluding hydrogens is 385 g/mol. The number of rotatable bonds is 5. The zero-order valence-corrected chi connectivity index (χ0v) is 16.6. The summed E-state index contributed by atoms with van der Waals surface area (Å²) in [4.78, 5) is 16.7. The summed E-state index contributed by atoms with van der Waals surface area (Å²) in [5, 5.41) is 7.16. The van der Waals surface area contributed by atoms with Crippen LogP contribution in [0.15, 0.2) is 36.9 Å². The van der Waals surface area contributed by atoms with E-state index in [2.05, 4.69) is 29.2 Å². The van der Waals surface area contributed by atoms with E-state index in [0.29, 0.717) is 6.54 Å². The Labute approximate surface area is 167 Å². The molecule has 0 saturated heterocycles. The highest BCUT2D eigenvalue weighted by Crippen LogP contribution is 2.41. The van der Waals surface area contributed by atoms with Gasteiger partial charge >= 0.3 is 6.18 Å². The number of halogens is 3. The summed E-state index contributed by atoms with van der Waals surface area (Å²) in [6.45, 7) is 4.77. The fraction of sp³-hybridized carbons (Fsp3) is 0.550. The summed E-state index contributed by atoms with van der Waals surface area (Å²) in [6, 6.07) is 4.04. The molecule has 1 aliphatic carbocycles. The van der Waals surface area contributed by atoms with Crippen molar-refractivity contribution in [2.24, 2.45) is 11.3 Å². The zero-order valence-electron chi connectivity index (χ0n) is 16.6. The van der Waals surface area contributed by atoms with Gasteiger partial charge in [0, 0.05) is 31.2 Å². The van der Waals surface area contributed by atoms with Gasteiger partial charge in [-0.15, -0.1) is 0 Å². The van der Waals surface area contributed by atoms with Gasteiger partial charge in [-0.2, -0.15) is 18.3 Å². The molecule has 2 aromatic rings. The maximum atomic E-state index is 12.8. The molecule has 0 bridgehead atoms. The van der Waals surface area contributed by atoms with Crippen LogP contribution in [-0.4, -0.2) is 39.9 Å². The lowest BCUT2D eigenvalue weighted by Crippen LogP contribution is -2.55. The summed E-state index contributed by atoms with van der Waals surface area (Å²) in [5.41, 5.74) is -0.677. The molecule has 0 spiro atoms. The highest BCUT2D eigenvalue weighted by molar-refractivity contribution is 5.94. The summed E-state index contributed by atoms with van der Waals surface area (Å²) < 4.78 is 45.8. The topological polar surface area (TPSA) is 69.0 Å². The number of nitrogens with zero attached hydrogens (tertiary/aromatic N) is 3. The van der Waals surface area contributed by atoms with Gasteiger partial charge in [-0.1, -0.05) is 13.8 Å². The van der Waals surface area contributed by atoms with Crippen molar-refractivity contribution < 1.29 is 22.7 Å². The van der Waals surface area contributed by atoms with Crippen LogP contribution in [0.1, 0.15) is 42.6 Å². The molecule has 1 aromatic heterocycles. The summed E-state index contributed by atoms with van der Waals surface area (Å²) in [5.74, 6) is -0.467. The molecular formula is C20H25F3N4O2. The van der Waals surface area contributed by atoms with Crippen LogP contribution in [-0.2, 0) is 17.5 Å². The monoisotopic (exact) mass is 410 g/mol. The van der Waals surface area contributed by atoms with E-state index < -0.39 is 17.6 Å². The Bertz CT molecular complexity index is 819. The molecule has 9 heteroatoms. The van der Waals surface area contributed by atoms with E-state index in [1.54, 1.807) is 18.1 Å². The van der Waals surface area contributed by atoms with Gasteiger partial charge in [0.1, 0.15) is 12.7 Å². The molecule has 0 unspecified atom stereocenters. The van der Waals surface area contributed by atoms with Gasteiger partial charge in [-0.25, -0.2) is 4.98 Å². The Hall–Kier alpha value is -2.42. The first kappa shape index (κ1) is 21.3. The fourth-order valence-corrected chi connectivity index (χ4v) is 4.18. The average molecular weight is 410 g/mol. The maximum absolute atomic E-state index is 12.8. The number of amides is 1. The Morgan fingerprint density at radius 3 is 2.55 bits per heavy atom. The minimum absolute atomic E-state index is 0.0659. The summed E-state index contributed by atoms with van der Waals surface area (Å²) >= 11 is 0. The lowest BCUT2D eigenvalue weighted by molar-refractivity contribution is -0.137. The molecule has 1 aromatic carbocycles. The van der Waals surface area contributed by atoms with Crippen LogP contribution in [0.2, 0.25) is 0 Å². The van der Waals surface area contributed by atoms with Crippen molar-refractivity contribution in [1.82, 2.24) is 20.1 Å². The van der Waals surface area contributed by atoms with Crippen molar-refractivity contribution in [3.8, 4) is 0 Å². The molecule has 3 rings (SSSR count). The molecule has 1 saturated carbocycles. The third-order valence-electron chi connectivity index (χ3n) is 5.68. The minimum Gasteiger partial charge on any atom is -0.380 e. The van der Waals surface area contributed by atoms with Crippen LogP contribution in [0.4, 0.5) is 13.2 Å². The standard InChI is InChI=1S/C20H25F3N4O2/c1-19(2)9-8-16(15(17(19)29-3)10-27-12-24-11-25-27)26-18(28)13-4-6-14(7-5-13)20(21,22)23/h4-7,11-12,15-17H,8-10H2,1-3H3,(H,26,28)/t15-,16+,17+/m0/s1. The van der Waals surface area contributed by atoms with Gasteiger partial charge < -0.3 is 10.1 Å². The summed E-state index contributed by atoms with van der Waals surface area (Å²) in [6.07, 6.45) is 0.0849. The van der Waals surface area contributed by atoms with Crippen molar-refractivity contribution in [3.63, 3.8) is 0 Å². The Morgan fingerprint density at radius 1 is 1.31 bits per heavy atom. The second-order valence-corrected chi connectivity index (χ2v) is 8.12. The van der Waals surface area contributed by atoms with Gasteiger partial charge in [-0.3, -0.25) is 9.48 Å². The van der Waals surface area contributed by atoms with Crippen LogP contribution < -0.4 is 5.32 Å². The molecule has 1 amide bonds. The first-order valence-corrected chi connectivity index (χ1v) is 9.45. The van der Waals surface area contributed by atoms with Crippen molar-refractivity contribution >= 4 is 5.91 Å². The van der Waals surface area contributed by atoms with Crippen LogP contribution in [0.25, 0.3) is 0 Å². The highest BCUT2D eigenvalue weighted by Gasteiger charge is 2.45. The number of carbonyl (C=O) groups is 1. The smallest absolute Gasteiger partial charge is 0.380 e. The molecule has 3 atom stereocenters. The van der Waals surface area contributed by atoms with Gasteiger partial charge in [0.15, 0.2) is 0 Å². The Kier molecular flexibility index (Phi) is 5.97. The van der Waals surface area contributed by atoms with Gasteiger partial charge in [0.25, 0.3) is 5.91 Å². The first-order chi connectivity index (χ1) is 13.6. The molecule has 29 heavy (non-hydrogen) atoms. The van der Waals surface area contributed by atoms with Crippen molar-refractivity contribution in [2.45, 2.75) is 51.6 Å². The predicted molar refractivity (Wildman–Crippen MR) is 100 cm³/mol. The molecule has 1 N–H and O–H groups in total. The second-order valence-electron chi connectivity index (χ2n) is 8.12. The molecule has 1 heterocycles. The zero-order chi connectivity index (χ0) is 21.2. The largest absolute Gasteiger partial charge is 0.416 e. The van der Waals surface area contributed by atoms with Crippen LogP contribution >= 0.6 is 0 Å². The van der Waals surface area contributed by atoms with Crippen LogP contribution in [0, 0.1) is 11.3 Å². The van der Waals surface area contributed by atoms with E-state index >= 15 is 0 Å². The number of aromatic nitrogens is 3. The van der Waals surface area contributed by atoms with Gasteiger partial charge in [0.05, 0.1) is 11.7 Å². The number of carbonyl (C=O) groups excluding carboxylic acids is 1. The van der Waals surface area contributed by atoms with Crippen LogP contribution in [0.5, 0.6) is 0 Å². The minimum atomic E-state index is -4.43. The number of methoxy groups -OCH3 is 1. The average Bonchev–Trinajstić information content (AvgIpc) is 3.16. The first-order valence-electron chi connectivity index (χ1n) is 9.45. The lowest BCUT2D eigenvalue weighted by atomic mass is 9.67. The predicted octanol–water partition coefficient (Wildman–Crippen LogP) is 3.55. The number of hydrogen-bond acceptors (Lipinski definition) is 4. The Balaban J connectivity index is 1.78. The van der Waals surface area contributed by atoms with Gasteiger partial charge in [0.2, 0.25) is 0 Å². The fourth-order valence-electron chi connectivity index (χ4n) is 4.18. The van der Waals surface area contributed by atoms with Gasteiger partial charge in [-0.05, 0) is 42.5 Å². The van der Waals surface area contributed by atoms with E-state index in [4.69, 9.17) is 4.74 Å². The maximum Gasteiger partial charge on any atom is 0.416 e. The number of benzene rings is 1. The number of ether oxygens (including phenoxy) is 1. The lowest BCUT2D eigenvalue weighted by Gasteiger charge is -2.47. The molecule has 158 valence electrons. The van der Waals surface area contributed by atoms with Crippen molar-refractivity contribution in [1.29, 1.82) is 0 Å². The number of hydrogen-bond donors (Lipinski definition) is 1. The molecule has 0 radical (unpaired) electrons. The van der Waals surface area contributed by atoms with E-state index in [1.807, 2.05) is 0 Å². The van der Waals surface area contributed by atoms with Crippen molar-refractivity contribution in [2.75, 3.05) is 7.11 Å². The Morgan fingerprint density at radius 2 is 2.00 bits per heavy atom. The molecule has 0 aliphatic heterocycles. The van der Waals surface area contributed by atoms with E-state index in [-0.39, 0.29) is 29.0 Å². The SMILES string of the molecule is CO[C@@H]1[C@@H](Cn2cncn2)[C@H](NC(=O)c2ccc(C(F)(F)F)cc2)CCC1(C)C. The van der Waals surface area contributed by atoms with E-state index in [9.17, 15) is 18.0 Å². The third-order valence-corrected chi connectivity index (χ3v) is 5.68. The summed E-state index contributed by atoms with van der Waals surface area (Å²) in [7, 11) is 1.65. The quantitative estimate of drug-likeness (QED) is 0.819. The van der Waals surface area contributed by atoms with Crippen LogP contribution in [0.3, 0.4) is 0 Å². The van der Waals surface area contributed by atoms with E-state index in [0.717, 1.165) is 25.0 Å². The second kappa shape index (κ2) is 8.14. The molecule has 1 fully saturated rings. The third kappa shape index (κ3) is 4.77. The normalized spacial score (nSPS) is 24.3. The van der Waals surface area contributed by atoms with Crippen molar-refractivity contribution in [3.05, 3.63) is 48.0 Å². The number of nitrogens with one attached hydrogen (secondary N) is 1. The number of alkyl halides is 3. The molecule has 1 aliphatic rings. The highest BCUT2D eigenvalue weighted by atomic mass is 19.4. The van der Waals surface area contributed by atoms with E-state index in [1.165, 1.54) is 18.5 Å². The molecule has 6 nitrogen and oxygen atoms in total.